The fraction of sp³-hybridized carbons (Fsp3) is 0.667. The van der Waals surface area contributed by atoms with Crippen LogP contribution in [0.15, 0.2) is 6.33 Å². The molecule has 1 atom stereocenters. The summed E-state index contributed by atoms with van der Waals surface area (Å²) in [6.45, 7) is 0.944. The molecule has 2 rings (SSSR count). The molecule has 0 aromatic carbocycles. The zero-order valence-electron chi connectivity index (χ0n) is 5.56. The molecule has 4 nitrogen and oxygen atoms in total. The Balaban J connectivity index is 2.41. The lowest BCUT2D eigenvalue weighted by atomic mass is 10.1. The van der Waals surface area contributed by atoms with E-state index in [0.29, 0.717) is 5.82 Å². The van der Waals surface area contributed by atoms with Gasteiger partial charge in [0.25, 0.3) is 0 Å². The minimum atomic E-state index is -0.392. The second-order valence-electron chi connectivity index (χ2n) is 2.54. The molecule has 4 heteroatoms. The van der Waals surface area contributed by atoms with Crippen LogP contribution in [0, 0.1) is 0 Å². The van der Waals surface area contributed by atoms with Crippen molar-refractivity contribution in [2.75, 3.05) is 0 Å². The van der Waals surface area contributed by atoms with Gasteiger partial charge < -0.3 is 9.67 Å². The highest BCUT2D eigenvalue weighted by Crippen LogP contribution is 2.21. The average molecular weight is 139 g/mol. The fourth-order valence-electron chi connectivity index (χ4n) is 1.28. The van der Waals surface area contributed by atoms with Crippen LogP contribution >= 0.6 is 0 Å². The van der Waals surface area contributed by atoms with E-state index < -0.39 is 6.10 Å². The SMILES string of the molecule is O[C@@H]1CCCn2cnnc21. The van der Waals surface area contributed by atoms with Crippen LogP contribution < -0.4 is 0 Å². The molecule has 1 aliphatic heterocycles. The Kier molecular flexibility index (Phi) is 1.20. The number of nitrogens with zero attached hydrogens (tertiary/aromatic N) is 3. The van der Waals surface area contributed by atoms with Crippen LogP contribution in [0.25, 0.3) is 0 Å². The van der Waals surface area contributed by atoms with Gasteiger partial charge in [-0.15, -0.1) is 10.2 Å². The van der Waals surface area contributed by atoms with Gasteiger partial charge in [0, 0.05) is 6.54 Å². The zero-order chi connectivity index (χ0) is 6.97. The van der Waals surface area contributed by atoms with Gasteiger partial charge in [-0.1, -0.05) is 0 Å². The summed E-state index contributed by atoms with van der Waals surface area (Å²) in [4.78, 5) is 0. The maximum absolute atomic E-state index is 9.33. The van der Waals surface area contributed by atoms with Crippen LogP contribution in [-0.4, -0.2) is 19.9 Å². The minimum Gasteiger partial charge on any atom is -0.385 e. The maximum Gasteiger partial charge on any atom is 0.161 e. The molecule has 0 spiro atoms. The van der Waals surface area contributed by atoms with Gasteiger partial charge in [-0.05, 0) is 12.8 Å². The van der Waals surface area contributed by atoms with Crippen molar-refractivity contribution in [3.05, 3.63) is 12.2 Å². The van der Waals surface area contributed by atoms with Gasteiger partial charge in [0.2, 0.25) is 0 Å². The molecule has 0 aliphatic carbocycles. The lowest BCUT2D eigenvalue weighted by Gasteiger charge is -2.16. The van der Waals surface area contributed by atoms with Crippen LogP contribution in [0.3, 0.4) is 0 Å². The minimum absolute atomic E-state index is 0.392. The number of hydrogen-bond donors (Lipinski definition) is 1. The van der Waals surface area contributed by atoms with Crippen LogP contribution in [-0.2, 0) is 6.54 Å². The summed E-state index contributed by atoms with van der Waals surface area (Å²) in [5.41, 5.74) is 0. The summed E-state index contributed by atoms with van der Waals surface area (Å²) in [5.74, 6) is 0.714. The number of aryl methyl sites for hydroxylation is 1. The first-order chi connectivity index (χ1) is 4.88. The van der Waals surface area contributed by atoms with E-state index in [1.807, 2.05) is 4.57 Å². The molecule has 10 heavy (non-hydrogen) atoms. The molecule has 0 amide bonds. The quantitative estimate of drug-likeness (QED) is 0.554. The zero-order valence-corrected chi connectivity index (χ0v) is 5.56. The summed E-state index contributed by atoms with van der Waals surface area (Å²) in [7, 11) is 0. The van der Waals surface area contributed by atoms with Gasteiger partial charge in [-0.25, -0.2) is 0 Å². The molecule has 0 saturated heterocycles. The van der Waals surface area contributed by atoms with Gasteiger partial charge in [-0.2, -0.15) is 0 Å². The normalized spacial score (nSPS) is 24.3. The van der Waals surface area contributed by atoms with Crippen molar-refractivity contribution < 1.29 is 5.11 Å². The van der Waals surface area contributed by atoms with Crippen molar-refractivity contribution in [1.29, 1.82) is 0 Å². The van der Waals surface area contributed by atoms with Crippen molar-refractivity contribution >= 4 is 0 Å². The number of fused-ring (bicyclic) bond motifs is 1. The highest BCUT2D eigenvalue weighted by molar-refractivity contribution is 4.93. The highest BCUT2D eigenvalue weighted by atomic mass is 16.3. The van der Waals surface area contributed by atoms with Crippen LogP contribution in [0.5, 0.6) is 0 Å². The van der Waals surface area contributed by atoms with Gasteiger partial charge in [0.1, 0.15) is 12.4 Å². The Hall–Kier alpha value is -0.900. The van der Waals surface area contributed by atoms with Crippen molar-refractivity contribution in [3.63, 3.8) is 0 Å². The standard InChI is InChI=1S/C6H9N3O/c10-5-2-1-3-9-4-7-8-6(5)9/h4-5,10H,1-3H2/t5-/m1/s1. The van der Waals surface area contributed by atoms with Gasteiger partial charge in [0.05, 0.1) is 0 Å². The van der Waals surface area contributed by atoms with E-state index in [9.17, 15) is 5.11 Å². The number of aromatic nitrogens is 3. The Bertz CT molecular complexity index is 233. The smallest absolute Gasteiger partial charge is 0.161 e. The predicted molar refractivity (Wildman–Crippen MR) is 34.2 cm³/mol. The summed E-state index contributed by atoms with van der Waals surface area (Å²) in [6.07, 6.45) is 3.11. The molecule has 1 aromatic heterocycles. The van der Waals surface area contributed by atoms with Gasteiger partial charge in [-0.3, -0.25) is 0 Å². The van der Waals surface area contributed by atoms with Gasteiger partial charge in [0.15, 0.2) is 5.82 Å². The van der Waals surface area contributed by atoms with Crippen LogP contribution in [0.2, 0.25) is 0 Å². The van der Waals surface area contributed by atoms with E-state index in [1.165, 1.54) is 0 Å². The third-order valence-corrected chi connectivity index (χ3v) is 1.82. The Morgan fingerprint density at radius 3 is 3.40 bits per heavy atom. The first-order valence-electron chi connectivity index (χ1n) is 3.43. The number of aliphatic hydroxyl groups is 1. The van der Waals surface area contributed by atoms with Crippen molar-refractivity contribution in [1.82, 2.24) is 14.8 Å². The number of aliphatic hydroxyl groups excluding tert-OH is 1. The van der Waals surface area contributed by atoms with E-state index in [2.05, 4.69) is 10.2 Å². The number of rotatable bonds is 0. The molecule has 2 heterocycles. The second-order valence-corrected chi connectivity index (χ2v) is 2.54. The molecule has 54 valence electrons. The van der Waals surface area contributed by atoms with Gasteiger partial charge >= 0.3 is 0 Å². The highest BCUT2D eigenvalue weighted by Gasteiger charge is 2.18. The first-order valence-corrected chi connectivity index (χ1v) is 3.43. The third-order valence-electron chi connectivity index (χ3n) is 1.82. The van der Waals surface area contributed by atoms with E-state index in [4.69, 9.17) is 0 Å². The molecular weight excluding hydrogens is 130 g/mol. The van der Waals surface area contributed by atoms with Crippen LogP contribution in [0.1, 0.15) is 24.8 Å². The molecule has 0 fully saturated rings. The fourth-order valence-corrected chi connectivity index (χ4v) is 1.28. The summed E-state index contributed by atoms with van der Waals surface area (Å²) < 4.78 is 1.90. The first kappa shape index (κ1) is 5.85. The summed E-state index contributed by atoms with van der Waals surface area (Å²) in [5, 5.41) is 16.8. The summed E-state index contributed by atoms with van der Waals surface area (Å²) >= 11 is 0. The third kappa shape index (κ3) is 0.724. The molecule has 0 bridgehead atoms. The topological polar surface area (TPSA) is 50.9 Å². The van der Waals surface area contributed by atoms with Crippen LogP contribution in [0.4, 0.5) is 0 Å². The molecule has 0 radical (unpaired) electrons. The maximum atomic E-state index is 9.33. The molecule has 0 unspecified atom stereocenters. The predicted octanol–water partition coefficient (Wildman–Crippen LogP) is 0.105. The molecule has 1 aromatic rings. The lowest BCUT2D eigenvalue weighted by Crippen LogP contribution is -2.14. The van der Waals surface area contributed by atoms with Crippen molar-refractivity contribution in [2.24, 2.45) is 0 Å². The monoisotopic (exact) mass is 139 g/mol. The van der Waals surface area contributed by atoms with E-state index in [-0.39, 0.29) is 0 Å². The Morgan fingerprint density at radius 1 is 1.70 bits per heavy atom. The molecule has 1 aliphatic rings. The van der Waals surface area contributed by atoms with Crippen molar-refractivity contribution in [3.8, 4) is 0 Å². The molecular formula is C6H9N3O. The molecule has 0 saturated carbocycles. The second kappa shape index (κ2) is 2.05. The van der Waals surface area contributed by atoms with E-state index in [0.717, 1.165) is 19.4 Å². The summed E-state index contributed by atoms with van der Waals surface area (Å²) in [6, 6.07) is 0. The Labute approximate surface area is 58.5 Å². The van der Waals surface area contributed by atoms with Crippen molar-refractivity contribution in [2.45, 2.75) is 25.5 Å². The Morgan fingerprint density at radius 2 is 2.60 bits per heavy atom. The molecule has 1 N–H and O–H groups in total. The van der Waals surface area contributed by atoms with E-state index >= 15 is 0 Å². The largest absolute Gasteiger partial charge is 0.385 e. The lowest BCUT2D eigenvalue weighted by molar-refractivity contribution is 0.133. The number of hydrogen-bond acceptors (Lipinski definition) is 3. The van der Waals surface area contributed by atoms with E-state index in [1.54, 1.807) is 6.33 Å². The average Bonchev–Trinajstić information content (AvgIpc) is 2.36.